The number of nitrogens with one attached hydrogen (secondary N) is 1. The van der Waals surface area contributed by atoms with Gasteiger partial charge in [-0.1, -0.05) is 0 Å². The van der Waals surface area contributed by atoms with Crippen LogP contribution in [0.1, 0.15) is 27.2 Å². The smallest absolute Gasteiger partial charge is 0.374 e. The Kier molecular flexibility index (Phi) is 9.86. The molecule has 0 spiro atoms. The first-order chi connectivity index (χ1) is 9.53. The molecule has 0 rings (SSSR count). The third-order valence-electron chi connectivity index (χ3n) is 2.33. The van der Waals surface area contributed by atoms with Crippen LogP contribution in [0.5, 0.6) is 0 Å². The molecule has 1 atom stereocenters. The lowest BCUT2D eigenvalue weighted by Gasteiger charge is -2.29. The van der Waals surface area contributed by atoms with E-state index in [2.05, 4.69) is 10.3 Å². The van der Waals surface area contributed by atoms with Crippen LogP contribution in [0.4, 0.5) is 4.79 Å². The molecule has 20 heavy (non-hydrogen) atoms. The predicted octanol–water partition coefficient (Wildman–Crippen LogP) is 0.755. The summed E-state index contributed by atoms with van der Waals surface area (Å²) in [4.78, 5) is 24.6. The number of urea groups is 1. The van der Waals surface area contributed by atoms with Gasteiger partial charge in [-0.25, -0.2) is 9.59 Å². The van der Waals surface area contributed by atoms with Crippen LogP contribution in [0.3, 0.4) is 0 Å². The number of isocyanates is 1. The summed E-state index contributed by atoms with van der Waals surface area (Å²) in [6.07, 6.45) is 0.975. The summed E-state index contributed by atoms with van der Waals surface area (Å²) in [5.74, 6) is 0. The number of nitrogens with zero attached hydrogens (tertiary/aromatic N) is 1. The first kappa shape index (κ1) is 18.7. The molecule has 3 N–H and O–H groups in total. The van der Waals surface area contributed by atoms with Gasteiger partial charge in [0.05, 0.1) is 0 Å². The average molecular weight is 305 g/mol. The lowest BCUT2D eigenvalue weighted by Crippen LogP contribution is -2.47. The van der Waals surface area contributed by atoms with Crippen molar-refractivity contribution in [3.05, 3.63) is 0 Å². The van der Waals surface area contributed by atoms with Crippen molar-refractivity contribution >= 4 is 20.9 Å². The summed E-state index contributed by atoms with van der Waals surface area (Å²) in [7, 11) is -2.82. The Balaban J connectivity index is 4.75. The molecule has 0 radical (unpaired) electrons. The van der Waals surface area contributed by atoms with Gasteiger partial charge in [0.15, 0.2) is 0 Å². The molecule has 0 heterocycles. The Hall–Kier alpha value is -1.25. The summed E-state index contributed by atoms with van der Waals surface area (Å²) < 4.78 is 17.0. The third kappa shape index (κ3) is 7.36. The number of carbonyl (C=O) groups is 1. The quantitative estimate of drug-likeness (QED) is 0.332. The van der Waals surface area contributed by atoms with Crippen molar-refractivity contribution in [2.24, 2.45) is 10.7 Å². The highest BCUT2D eigenvalue weighted by Crippen LogP contribution is 2.19. The van der Waals surface area contributed by atoms with Gasteiger partial charge in [0.25, 0.3) is 0 Å². The number of hydrogen-bond acceptors (Lipinski definition) is 6. The second kappa shape index (κ2) is 10.5. The molecule has 8 nitrogen and oxygen atoms in total. The SMILES string of the molecule is CCO[Si](CCC(N=C=O)NC(N)=O)(OCC)OCC. The number of amides is 2. The highest BCUT2D eigenvalue weighted by atomic mass is 28.4. The highest BCUT2D eigenvalue weighted by molar-refractivity contribution is 6.60. The van der Waals surface area contributed by atoms with Crippen molar-refractivity contribution in [3.8, 4) is 0 Å². The highest BCUT2D eigenvalue weighted by Gasteiger charge is 2.40. The van der Waals surface area contributed by atoms with E-state index in [0.29, 0.717) is 32.3 Å². The molecule has 0 fully saturated rings. The fourth-order valence-electron chi connectivity index (χ4n) is 1.71. The molecule has 0 aliphatic heterocycles. The van der Waals surface area contributed by atoms with E-state index >= 15 is 0 Å². The van der Waals surface area contributed by atoms with Gasteiger partial charge in [-0.05, 0) is 27.2 Å². The van der Waals surface area contributed by atoms with E-state index < -0.39 is 21.0 Å². The van der Waals surface area contributed by atoms with Crippen molar-refractivity contribution < 1.29 is 22.9 Å². The molecular formula is C11H23N3O5Si. The maximum Gasteiger partial charge on any atom is 0.501 e. The Morgan fingerprint density at radius 3 is 2.10 bits per heavy atom. The summed E-state index contributed by atoms with van der Waals surface area (Å²) >= 11 is 0. The number of rotatable bonds is 11. The van der Waals surface area contributed by atoms with E-state index in [9.17, 15) is 9.59 Å². The topological polar surface area (TPSA) is 112 Å². The van der Waals surface area contributed by atoms with E-state index in [0.717, 1.165) is 0 Å². The fraction of sp³-hybridized carbons (Fsp3) is 0.818. The molecule has 0 saturated heterocycles. The second-order valence-corrected chi connectivity index (χ2v) is 6.50. The summed E-state index contributed by atoms with van der Waals surface area (Å²) in [5, 5.41) is 2.34. The number of nitrogens with two attached hydrogens (primary N) is 1. The van der Waals surface area contributed by atoms with Gasteiger partial charge in [-0.15, -0.1) is 0 Å². The Morgan fingerprint density at radius 1 is 1.25 bits per heavy atom. The van der Waals surface area contributed by atoms with E-state index in [1.165, 1.54) is 6.08 Å². The molecule has 2 amide bonds. The monoisotopic (exact) mass is 305 g/mol. The molecular weight excluding hydrogens is 282 g/mol. The van der Waals surface area contributed by atoms with Crippen LogP contribution in [0.25, 0.3) is 0 Å². The van der Waals surface area contributed by atoms with Crippen LogP contribution < -0.4 is 11.1 Å². The van der Waals surface area contributed by atoms with Crippen LogP contribution in [0.2, 0.25) is 6.04 Å². The summed E-state index contributed by atoms with van der Waals surface area (Å²) in [6, 6.07) is -0.343. The minimum Gasteiger partial charge on any atom is -0.374 e. The van der Waals surface area contributed by atoms with Gasteiger partial charge in [-0.2, -0.15) is 4.99 Å². The van der Waals surface area contributed by atoms with Gasteiger partial charge in [0, 0.05) is 25.9 Å². The molecule has 0 aromatic heterocycles. The Labute approximate surface area is 120 Å². The van der Waals surface area contributed by atoms with Crippen molar-refractivity contribution in [1.82, 2.24) is 5.32 Å². The van der Waals surface area contributed by atoms with E-state index in [-0.39, 0.29) is 0 Å². The van der Waals surface area contributed by atoms with Gasteiger partial charge in [0.1, 0.15) is 6.17 Å². The molecule has 1 unspecified atom stereocenters. The number of aliphatic imine (C=N–C) groups is 1. The Morgan fingerprint density at radius 2 is 1.75 bits per heavy atom. The van der Waals surface area contributed by atoms with Crippen LogP contribution in [0.15, 0.2) is 4.99 Å². The first-order valence-corrected chi connectivity index (χ1v) is 8.51. The van der Waals surface area contributed by atoms with Crippen molar-refractivity contribution in [2.75, 3.05) is 19.8 Å². The molecule has 116 valence electrons. The number of primary amides is 1. The van der Waals surface area contributed by atoms with Gasteiger partial charge < -0.3 is 24.3 Å². The molecule has 0 aromatic rings. The van der Waals surface area contributed by atoms with Gasteiger partial charge in [0.2, 0.25) is 6.08 Å². The predicted molar refractivity (Wildman–Crippen MR) is 74.7 cm³/mol. The van der Waals surface area contributed by atoms with Crippen molar-refractivity contribution in [3.63, 3.8) is 0 Å². The standard InChI is InChI=1S/C11H23N3O5Si/c1-4-17-20(18-5-2,19-6-3)8-7-10(13-9-15)14-11(12)16/h10H,4-8H2,1-3H3,(H3,12,14,16). The minimum atomic E-state index is -2.82. The molecule has 9 heteroatoms. The first-order valence-electron chi connectivity index (χ1n) is 6.58. The minimum absolute atomic E-state index is 0.324. The molecule has 0 aliphatic rings. The summed E-state index contributed by atoms with van der Waals surface area (Å²) in [5.41, 5.74) is 5.02. The normalized spacial score (nSPS) is 12.6. The maximum atomic E-state index is 10.8. The zero-order chi connectivity index (χ0) is 15.4. The average Bonchev–Trinajstić information content (AvgIpc) is 2.37. The number of hydrogen-bond donors (Lipinski definition) is 2. The third-order valence-corrected chi connectivity index (χ3v) is 5.42. The fourth-order valence-corrected chi connectivity index (χ4v) is 4.34. The molecule has 0 bridgehead atoms. The van der Waals surface area contributed by atoms with Gasteiger partial charge in [-0.3, -0.25) is 0 Å². The van der Waals surface area contributed by atoms with Crippen LogP contribution in [-0.4, -0.2) is 46.9 Å². The number of carbonyl (C=O) groups excluding carboxylic acids is 2. The van der Waals surface area contributed by atoms with Gasteiger partial charge >= 0.3 is 14.8 Å². The Bertz CT molecular complexity index is 319. The van der Waals surface area contributed by atoms with Crippen LogP contribution in [0, 0.1) is 0 Å². The maximum absolute atomic E-state index is 10.8. The van der Waals surface area contributed by atoms with Crippen molar-refractivity contribution in [1.29, 1.82) is 0 Å². The van der Waals surface area contributed by atoms with E-state index in [1.807, 2.05) is 20.8 Å². The molecule has 0 aromatic carbocycles. The molecule has 0 saturated carbocycles. The second-order valence-electron chi connectivity index (χ2n) is 3.77. The lowest BCUT2D eigenvalue weighted by molar-refractivity contribution is 0.0701. The summed E-state index contributed by atoms with van der Waals surface area (Å²) in [6.45, 7) is 6.92. The lowest BCUT2D eigenvalue weighted by atomic mass is 10.4. The zero-order valence-corrected chi connectivity index (χ0v) is 13.2. The van der Waals surface area contributed by atoms with E-state index in [1.54, 1.807) is 0 Å². The van der Waals surface area contributed by atoms with Crippen molar-refractivity contribution in [2.45, 2.75) is 39.4 Å². The van der Waals surface area contributed by atoms with E-state index in [4.69, 9.17) is 19.0 Å². The molecule has 0 aliphatic carbocycles. The van der Waals surface area contributed by atoms with Crippen LogP contribution >= 0.6 is 0 Å². The largest absolute Gasteiger partial charge is 0.501 e. The zero-order valence-electron chi connectivity index (χ0n) is 12.2. The van der Waals surface area contributed by atoms with Crippen LogP contribution in [-0.2, 0) is 18.1 Å².